The molecule has 2 fully saturated rings. The van der Waals surface area contributed by atoms with Gasteiger partial charge in [0.2, 0.25) is 5.91 Å². The van der Waals surface area contributed by atoms with Gasteiger partial charge in [-0.1, -0.05) is 18.2 Å². The minimum atomic E-state index is 0.157. The molecule has 5 rings (SSSR count). The zero-order valence-electron chi connectivity index (χ0n) is 19.7. The number of rotatable bonds is 6. The summed E-state index contributed by atoms with van der Waals surface area (Å²) in [5, 5.41) is 7.46. The lowest BCUT2D eigenvalue weighted by atomic mass is 9.92. The highest BCUT2D eigenvalue weighted by Crippen LogP contribution is 2.43. The molecule has 1 unspecified atom stereocenters. The molecule has 2 heterocycles. The van der Waals surface area contributed by atoms with Crippen molar-refractivity contribution in [3.05, 3.63) is 53.6 Å². The van der Waals surface area contributed by atoms with Gasteiger partial charge in [-0.3, -0.25) is 9.79 Å². The second-order valence-electron chi connectivity index (χ2n) is 9.50. The first kappa shape index (κ1) is 22.6. The maximum atomic E-state index is 13.2. The lowest BCUT2D eigenvalue weighted by Gasteiger charge is -2.36. The summed E-state index contributed by atoms with van der Waals surface area (Å²) in [5.74, 6) is 7.71. The Kier molecular flexibility index (Phi) is 6.63. The highest BCUT2D eigenvalue weighted by atomic mass is 16.5. The fourth-order valence-electron chi connectivity index (χ4n) is 4.90. The van der Waals surface area contributed by atoms with Crippen LogP contribution in [0.3, 0.4) is 0 Å². The Bertz CT molecular complexity index is 1090. The van der Waals surface area contributed by atoms with Crippen LogP contribution < -0.4 is 20.8 Å². The third-order valence-corrected chi connectivity index (χ3v) is 7.01. The first-order valence-corrected chi connectivity index (χ1v) is 12.4. The highest BCUT2D eigenvalue weighted by Gasteiger charge is 2.39. The molecule has 2 aromatic carbocycles. The maximum absolute atomic E-state index is 13.2. The molecular weight excluding hydrogens is 426 g/mol. The van der Waals surface area contributed by atoms with E-state index in [-0.39, 0.29) is 23.9 Å². The molecule has 34 heavy (non-hydrogen) atoms. The normalized spacial score (nSPS) is 21.5. The van der Waals surface area contributed by atoms with Crippen LogP contribution in [0.5, 0.6) is 11.5 Å². The van der Waals surface area contributed by atoms with Gasteiger partial charge in [-0.05, 0) is 82.8 Å². The van der Waals surface area contributed by atoms with Gasteiger partial charge in [-0.15, -0.1) is 0 Å². The largest absolute Gasteiger partial charge is 0.456 e. The molecule has 7 nitrogen and oxygen atoms in total. The molecule has 0 aromatic heterocycles. The summed E-state index contributed by atoms with van der Waals surface area (Å²) in [4.78, 5) is 19.9. The molecule has 1 atom stereocenters. The quantitative estimate of drug-likeness (QED) is 0.387. The van der Waals surface area contributed by atoms with E-state index in [0.29, 0.717) is 11.5 Å². The predicted molar refractivity (Wildman–Crippen MR) is 136 cm³/mol. The number of hydrazone groups is 1. The van der Waals surface area contributed by atoms with E-state index < -0.39 is 0 Å². The summed E-state index contributed by atoms with van der Waals surface area (Å²) in [5.41, 5.74) is 3.36. The van der Waals surface area contributed by atoms with Crippen molar-refractivity contribution < 1.29 is 9.53 Å². The fraction of sp³-hybridized carbons (Fsp3) is 0.444. The van der Waals surface area contributed by atoms with E-state index in [1.807, 2.05) is 47.4 Å². The van der Waals surface area contributed by atoms with E-state index >= 15 is 0 Å². The number of anilines is 1. The Morgan fingerprint density at radius 1 is 1.09 bits per heavy atom. The van der Waals surface area contributed by atoms with Gasteiger partial charge in [0.1, 0.15) is 17.2 Å². The van der Waals surface area contributed by atoms with Gasteiger partial charge in [-0.25, -0.2) is 0 Å². The van der Waals surface area contributed by atoms with Crippen molar-refractivity contribution in [1.29, 1.82) is 0 Å². The molecule has 1 saturated carbocycles. The number of nitrogens with one attached hydrogen (secondary N) is 1. The van der Waals surface area contributed by atoms with Gasteiger partial charge in [0.15, 0.2) is 0 Å². The van der Waals surface area contributed by atoms with Crippen LogP contribution in [0.15, 0.2) is 52.6 Å². The lowest BCUT2D eigenvalue weighted by molar-refractivity contribution is -0.120. The summed E-state index contributed by atoms with van der Waals surface area (Å²) in [7, 11) is 0. The van der Waals surface area contributed by atoms with Gasteiger partial charge in [-0.2, -0.15) is 5.10 Å². The number of carbonyl (C=O) groups is 1. The molecule has 3 aliphatic rings. The number of carbonyl (C=O) groups excluding carboxylic acids is 1. The Hall–Kier alpha value is -3.19. The Balaban J connectivity index is 1.55. The smallest absolute Gasteiger partial charge is 0.230 e. The monoisotopic (exact) mass is 459 g/mol. The van der Waals surface area contributed by atoms with Gasteiger partial charge in [0.05, 0.1) is 11.7 Å². The second-order valence-corrected chi connectivity index (χ2v) is 9.50. The maximum Gasteiger partial charge on any atom is 0.230 e. The number of nitrogens with zero attached hydrogens (tertiary/aromatic N) is 3. The number of nitrogens with two attached hydrogens (primary N) is 1. The topological polar surface area (TPSA) is 92.3 Å². The number of aliphatic imine (C=N–C) groups is 1. The SMILES string of the molecule is CC1CCc2c(ccc(C(C=NC3CCNCC3)=NN)c2Oc2ccccc2)N1C(=O)C1CC1. The van der Waals surface area contributed by atoms with Crippen molar-refractivity contribution in [1.82, 2.24) is 5.32 Å². The number of fused-ring (bicyclic) bond motifs is 1. The van der Waals surface area contributed by atoms with Crippen molar-refractivity contribution in [2.75, 3.05) is 18.0 Å². The number of amides is 1. The Labute approximate surface area is 201 Å². The number of ether oxygens (including phenoxy) is 1. The summed E-state index contributed by atoms with van der Waals surface area (Å²) in [6, 6.07) is 14.2. The first-order chi connectivity index (χ1) is 16.7. The molecule has 7 heteroatoms. The van der Waals surface area contributed by atoms with Gasteiger partial charge in [0, 0.05) is 29.3 Å². The van der Waals surface area contributed by atoms with Crippen LogP contribution in [-0.2, 0) is 11.2 Å². The van der Waals surface area contributed by atoms with Crippen molar-refractivity contribution >= 4 is 23.5 Å². The minimum Gasteiger partial charge on any atom is -0.456 e. The molecule has 1 aliphatic carbocycles. The number of benzene rings is 2. The van der Waals surface area contributed by atoms with E-state index in [0.717, 1.165) is 74.2 Å². The van der Waals surface area contributed by atoms with Gasteiger partial charge < -0.3 is 20.8 Å². The van der Waals surface area contributed by atoms with Gasteiger partial charge >= 0.3 is 0 Å². The Morgan fingerprint density at radius 3 is 2.56 bits per heavy atom. The van der Waals surface area contributed by atoms with Crippen LogP contribution in [0.1, 0.15) is 50.2 Å². The van der Waals surface area contributed by atoms with E-state index in [2.05, 4.69) is 17.3 Å². The van der Waals surface area contributed by atoms with Crippen LogP contribution in [0.4, 0.5) is 5.69 Å². The third kappa shape index (κ3) is 4.71. The summed E-state index contributed by atoms with van der Waals surface area (Å²) in [6.07, 6.45) is 7.47. The lowest BCUT2D eigenvalue weighted by Crippen LogP contribution is -2.43. The number of piperidine rings is 1. The third-order valence-electron chi connectivity index (χ3n) is 7.01. The van der Waals surface area contributed by atoms with Crippen LogP contribution >= 0.6 is 0 Å². The highest BCUT2D eigenvalue weighted by molar-refractivity contribution is 6.39. The van der Waals surface area contributed by atoms with Gasteiger partial charge in [0.25, 0.3) is 0 Å². The fourth-order valence-corrected chi connectivity index (χ4v) is 4.90. The predicted octanol–water partition coefficient (Wildman–Crippen LogP) is 4.04. The standard InChI is InChI=1S/C27H33N5O2/c1-18-7-10-23-25(32(18)27(33)19-8-9-19)12-11-22(26(23)34-21-5-3-2-4-6-21)24(31-28)17-30-20-13-15-29-16-14-20/h2-6,11-12,17-20,29H,7-10,13-16,28H2,1H3. The molecule has 2 aliphatic heterocycles. The number of para-hydroxylation sites is 1. The van der Waals surface area contributed by atoms with Crippen LogP contribution in [0.25, 0.3) is 0 Å². The second kappa shape index (κ2) is 9.97. The van der Waals surface area contributed by atoms with Crippen molar-refractivity contribution in [3.63, 3.8) is 0 Å². The van der Waals surface area contributed by atoms with Crippen molar-refractivity contribution in [2.45, 2.75) is 57.5 Å². The summed E-state index contributed by atoms with van der Waals surface area (Å²) in [6.45, 7) is 4.08. The molecule has 1 amide bonds. The molecule has 0 spiro atoms. The van der Waals surface area contributed by atoms with Crippen molar-refractivity contribution in [2.24, 2.45) is 21.9 Å². The Morgan fingerprint density at radius 2 is 1.85 bits per heavy atom. The van der Waals surface area contributed by atoms with Crippen LogP contribution in [0.2, 0.25) is 0 Å². The molecule has 3 N–H and O–H groups in total. The minimum absolute atomic E-state index is 0.157. The molecular formula is C27H33N5O2. The average molecular weight is 460 g/mol. The zero-order chi connectivity index (χ0) is 23.5. The number of hydrogen-bond donors (Lipinski definition) is 2. The van der Waals surface area contributed by atoms with Crippen LogP contribution in [-0.4, -0.2) is 43.0 Å². The van der Waals surface area contributed by atoms with E-state index in [1.54, 1.807) is 6.21 Å². The van der Waals surface area contributed by atoms with E-state index in [4.69, 9.17) is 15.6 Å². The molecule has 1 saturated heterocycles. The van der Waals surface area contributed by atoms with Crippen LogP contribution in [0, 0.1) is 5.92 Å². The number of hydrogen-bond acceptors (Lipinski definition) is 6. The van der Waals surface area contributed by atoms with Crippen molar-refractivity contribution in [3.8, 4) is 11.5 Å². The molecule has 178 valence electrons. The van der Waals surface area contributed by atoms with E-state index in [9.17, 15) is 4.79 Å². The summed E-state index contributed by atoms with van der Waals surface area (Å²) >= 11 is 0. The molecule has 0 bridgehead atoms. The van der Waals surface area contributed by atoms with E-state index in [1.165, 1.54) is 0 Å². The average Bonchev–Trinajstić information content (AvgIpc) is 3.72. The summed E-state index contributed by atoms with van der Waals surface area (Å²) < 4.78 is 6.48. The molecule has 2 aromatic rings. The first-order valence-electron chi connectivity index (χ1n) is 12.4. The molecule has 0 radical (unpaired) electrons. The zero-order valence-corrected chi connectivity index (χ0v) is 19.7.